The molecule has 1 saturated heterocycles. The van der Waals surface area contributed by atoms with E-state index in [0.29, 0.717) is 11.6 Å². The first-order valence-electron chi connectivity index (χ1n) is 11.8. The molecule has 5 rings (SSSR count). The van der Waals surface area contributed by atoms with Crippen molar-refractivity contribution in [2.45, 2.75) is 50.7 Å². The van der Waals surface area contributed by atoms with Crippen LogP contribution in [0.1, 0.15) is 61.1 Å². The van der Waals surface area contributed by atoms with Gasteiger partial charge in [-0.2, -0.15) is 0 Å². The Morgan fingerprint density at radius 3 is 2.34 bits per heavy atom. The van der Waals surface area contributed by atoms with Crippen molar-refractivity contribution in [3.05, 3.63) is 77.4 Å². The summed E-state index contributed by atoms with van der Waals surface area (Å²) in [7, 11) is 0. The highest BCUT2D eigenvalue weighted by atomic mass is 19.1. The second-order valence-electron chi connectivity index (χ2n) is 9.00. The van der Waals surface area contributed by atoms with Crippen molar-refractivity contribution in [3.8, 4) is 0 Å². The SMILES string of the molecule is Fc1ccccc1[C@H](c1nnnn1C1CCCCC1)N1CCN(Cc2ccccc2)CC1. The van der Waals surface area contributed by atoms with Gasteiger partial charge in [-0.15, -0.1) is 5.10 Å². The number of tetrazole rings is 1. The van der Waals surface area contributed by atoms with E-state index in [2.05, 4.69) is 55.7 Å². The Kier molecular flexibility index (Phi) is 6.55. The standard InChI is InChI=1S/C25H31FN6/c26-23-14-8-7-13-22(23)24(25-27-28-29-32(25)21-11-5-2-6-12-21)31-17-15-30(16-18-31)19-20-9-3-1-4-10-20/h1,3-4,7-10,13-14,21,24H,2,5-6,11-12,15-19H2/t24-/m1/s1. The fourth-order valence-electron chi connectivity index (χ4n) is 5.18. The number of nitrogens with zero attached hydrogens (tertiary/aromatic N) is 6. The Bertz CT molecular complexity index is 992. The maximum Gasteiger partial charge on any atom is 0.173 e. The van der Waals surface area contributed by atoms with Gasteiger partial charge in [-0.25, -0.2) is 9.07 Å². The van der Waals surface area contributed by atoms with Crippen LogP contribution in [0.3, 0.4) is 0 Å². The molecule has 2 fully saturated rings. The second kappa shape index (κ2) is 9.88. The molecular formula is C25H31FN6. The van der Waals surface area contributed by atoms with Gasteiger partial charge in [0, 0.05) is 38.3 Å². The molecule has 32 heavy (non-hydrogen) atoms. The third kappa shape index (κ3) is 4.59. The lowest BCUT2D eigenvalue weighted by atomic mass is 9.95. The fourth-order valence-corrected chi connectivity index (χ4v) is 5.18. The van der Waals surface area contributed by atoms with Gasteiger partial charge < -0.3 is 0 Å². The molecular weight excluding hydrogens is 403 g/mol. The summed E-state index contributed by atoms with van der Waals surface area (Å²) >= 11 is 0. The molecule has 0 bridgehead atoms. The third-order valence-electron chi connectivity index (χ3n) is 6.90. The zero-order valence-electron chi connectivity index (χ0n) is 18.5. The molecule has 1 aromatic heterocycles. The first kappa shape index (κ1) is 21.2. The molecule has 1 atom stereocenters. The summed E-state index contributed by atoms with van der Waals surface area (Å²) in [6.07, 6.45) is 5.85. The van der Waals surface area contributed by atoms with E-state index >= 15 is 4.39 Å². The molecule has 1 saturated carbocycles. The third-order valence-corrected chi connectivity index (χ3v) is 6.90. The number of piperazine rings is 1. The Morgan fingerprint density at radius 2 is 1.59 bits per heavy atom. The van der Waals surface area contributed by atoms with Crippen molar-refractivity contribution in [1.82, 2.24) is 30.0 Å². The minimum atomic E-state index is -0.271. The van der Waals surface area contributed by atoms with Crippen LogP contribution in [-0.4, -0.2) is 56.2 Å². The number of benzene rings is 2. The van der Waals surface area contributed by atoms with E-state index in [4.69, 9.17) is 0 Å². The smallest absolute Gasteiger partial charge is 0.173 e. The lowest BCUT2D eigenvalue weighted by molar-refractivity contribution is 0.0974. The van der Waals surface area contributed by atoms with Gasteiger partial charge in [0.1, 0.15) is 11.9 Å². The summed E-state index contributed by atoms with van der Waals surface area (Å²) in [5.41, 5.74) is 1.99. The first-order chi connectivity index (χ1) is 15.8. The largest absolute Gasteiger partial charge is 0.297 e. The highest BCUT2D eigenvalue weighted by molar-refractivity contribution is 5.27. The van der Waals surface area contributed by atoms with Crippen molar-refractivity contribution < 1.29 is 4.39 Å². The van der Waals surface area contributed by atoms with Crippen molar-refractivity contribution in [3.63, 3.8) is 0 Å². The number of hydrogen-bond donors (Lipinski definition) is 0. The Labute approximate surface area is 189 Å². The quantitative estimate of drug-likeness (QED) is 0.581. The van der Waals surface area contributed by atoms with E-state index in [1.165, 1.54) is 24.8 Å². The number of halogens is 1. The molecule has 2 aliphatic rings. The Hall–Kier alpha value is -2.64. The van der Waals surface area contributed by atoms with E-state index in [1.54, 1.807) is 12.1 Å². The first-order valence-corrected chi connectivity index (χ1v) is 11.8. The molecule has 0 radical (unpaired) electrons. The van der Waals surface area contributed by atoms with Crippen molar-refractivity contribution in [2.75, 3.05) is 26.2 Å². The lowest BCUT2D eigenvalue weighted by Crippen LogP contribution is -2.48. The molecule has 1 aliphatic heterocycles. The fraction of sp³-hybridized carbons (Fsp3) is 0.480. The molecule has 168 valence electrons. The molecule has 0 amide bonds. The molecule has 2 heterocycles. The molecule has 6 nitrogen and oxygen atoms in total. The van der Waals surface area contributed by atoms with Crippen molar-refractivity contribution in [1.29, 1.82) is 0 Å². The van der Waals surface area contributed by atoms with E-state index < -0.39 is 0 Å². The van der Waals surface area contributed by atoms with Gasteiger partial charge in [-0.05, 0) is 34.9 Å². The molecule has 2 aromatic carbocycles. The molecule has 3 aromatic rings. The van der Waals surface area contributed by atoms with Crippen LogP contribution in [0.4, 0.5) is 4.39 Å². The van der Waals surface area contributed by atoms with Gasteiger partial charge in [0.2, 0.25) is 0 Å². The second-order valence-corrected chi connectivity index (χ2v) is 9.00. The van der Waals surface area contributed by atoms with Crippen LogP contribution in [0.5, 0.6) is 0 Å². The topological polar surface area (TPSA) is 50.1 Å². The van der Waals surface area contributed by atoms with Gasteiger partial charge in [-0.1, -0.05) is 67.8 Å². The van der Waals surface area contributed by atoms with Crippen LogP contribution < -0.4 is 0 Å². The van der Waals surface area contributed by atoms with Gasteiger partial charge in [-0.3, -0.25) is 9.80 Å². The van der Waals surface area contributed by atoms with E-state index in [1.807, 2.05) is 16.8 Å². The predicted octanol–water partition coefficient (Wildman–Crippen LogP) is 4.22. The van der Waals surface area contributed by atoms with E-state index in [-0.39, 0.29) is 11.9 Å². The van der Waals surface area contributed by atoms with Gasteiger partial charge in [0.15, 0.2) is 5.82 Å². The summed E-state index contributed by atoms with van der Waals surface area (Å²) < 4.78 is 17.0. The summed E-state index contributed by atoms with van der Waals surface area (Å²) in [4.78, 5) is 4.82. The van der Waals surface area contributed by atoms with Crippen LogP contribution in [0.25, 0.3) is 0 Å². The maximum absolute atomic E-state index is 15.0. The average Bonchev–Trinajstić information content (AvgIpc) is 3.32. The highest BCUT2D eigenvalue weighted by Crippen LogP contribution is 2.34. The normalized spacial score (nSPS) is 19.8. The molecule has 0 unspecified atom stereocenters. The number of aromatic nitrogens is 4. The summed E-state index contributed by atoms with van der Waals surface area (Å²) in [5, 5.41) is 12.9. The summed E-state index contributed by atoms with van der Waals surface area (Å²) in [5.74, 6) is 0.584. The van der Waals surface area contributed by atoms with E-state index in [0.717, 1.165) is 51.4 Å². The minimum absolute atomic E-state index is 0.192. The summed E-state index contributed by atoms with van der Waals surface area (Å²) in [6, 6.07) is 17.7. The maximum atomic E-state index is 15.0. The van der Waals surface area contributed by atoms with Gasteiger partial charge in [0.05, 0.1) is 6.04 Å². The average molecular weight is 435 g/mol. The van der Waals surface area contributed by atoms with Crippen LogP contribution in [0.2, 0.25) is 0 Å². The van der Waals surface area contributed by atoms with E-state index in [9.17, 15) is 0 Å². The molecule has 1 aliphatic carbocycles. The highest BCUT2D eigenvalue weighted by Gasteiger charge is 2.34. The number of rotatable bonds is 6. The summed E-state index contributed by atoms with van der Waals surface area (Å²) in [6.45, 7) is 4.52. The molecule has 7 heteroatoms. The van der Waals surface area contributed by atoms with Crippen LogP contribution in [0, 0.1) is 5.82 Å². The van der Waals surface area contributed by atoms with Crippen LogP contribution >= 0.6 is 0 Å². The predicted molar refractivity (Wildman–Crippen MR) is 121 cm³/mol. The Balaban J connectivity index is 1.39. The Morgan fingerprint density at radius 1 is 0.875 bits per heavy atom. The monoisotopic (exact) mass is 434 g/mol. The van der Waals surface area contributed by atoms with Crippen LogP contribution in [-0.2, 0) is 6.54 Å². The molecule has 0 N–H and O–H groups in total. The van der Waals surface area contributed by atoms with Crippen LogP contribution in [0.15, 0.2) is 54.6 Å². The lowest BCUT2D eigenvalue weighted by Gasteiger charge is -2.39. The van der Waals surface area contributed by atoms with Crippen molar-refractivity contribution >= 4 is 0 Å². The molecule has 0 spiro atoms. The van der Waals surface area contributed by atoms with Gasteiger partial charge >= 0.3 is 0 Å². The van der Waals surface area contributed by atoms with Crippen molar-refractivity contribution in [2.24, 2.45) is 0 Å². The zero-order valence-corrected chi connectivity index (χ0v) is 18.5. The number of hydrogen-bond acceptors (Lipinski definition) is 5. The van der Waals surface area contributed by atoms with Gasteiger partial charge in [0.25, 0.3) is 0 Å². The minimum Gasteiger partial charge on any atom is -0.297 e. The zero-order chi connectivity index (χ0) is 21.8.